The van der Waals surface area contributed by atoms with Gasteiger partial charge in [0.25, 0.3) is 0 Å². The van der Waals surface area contributed by atoms with Crippen LogP contribution in [-0.4, -0.2) is 17.6 Å². The van der Waals surface area contributed by atoms with E-state index in [4.69, 9.17) is 0 Å². The summed E-state index contributed by atoms with van der Waals surface area (Å²) in [6.07, 6.45) is -4.29. The lowest BCUT2D eigenvalue weighted by Gasteiger charge is -2.26. The number of amides is 1. The summed E-state index contributed by atoms with van der Waals surface area (Å²) in [6.45, 7) is 3.61. The maximum absolute atomic E-state index is 12.9. The quantitative estimate of drug-likeness (QED) is 0.817. The van der Waals surface area contributed by atoms with Crippen LogP contribution < -0.4 is 5.32 Å². The van der Waals surface area contributed by atoms with E-state index < -0.39 is 17.2 Å². The summed E-state index contributed by atoms with van der Waals surface area (Å²) in [5.74, 6) is -0.244. The SMILES string of the molecule is CC(C)(CNC(=O)Cc1ccccc1CO)c1cccc(C(F)(F)F)c1. The first-order valence-corrected chi connectivity index (χ1v) is 8.25. The number of carbonyl (C=O) groups is 1. The van der Waals surface area contributed by atoms with E-state index >= 15 is 0 Å². The van der Waals surface area contributed by atoms with Gasteiger partial charge in [-0.2, -0.15) is 13.2 Å². The van der Waals surface area contributed by atoms with E-state index in [1.54, 1.807) is 44.2 Å². The third kappa shape index (κ3) is 5.08. The number of benzene rings is 2. The topological polar surface area (TPSA) is 49.3 Å². The highest BCUT2D eigenvalue weighted by atomic mass is 19.4. The van der Waals surface area contributed by atoms with Gasteiger partial charge in [-0.15, -0.1) is 0 Å². The van der Waals surface area contributed by atoms with Crippen LogP contribution in [0.25, 0.3) is 0 Å². The monoisotopic (exact) mass is 365 g/mol. The molecule has 0 heterocycles. The smallest absolute Gasteiger partial charge is 0.392 e. The first-order valence-electron chi connectivity index (χ1n) is 8.25. The van der Waals surface area contributed by atoms with Crippen molar-refractivity contribution in [1.82, 2.24) is 5.32 Å². The minimum atomic E-state index is -4.40. The van der Waals surface area contributed by atoms with Crippen molar-refractivity contribution in [2.45, 2.75) is 38.5 Å². The third-order valence-electron chi connectivity index (χ3n) is 4.34. The van der Waals surface area contributed by atoms with Crippen molar-refractivity contribution >= 4 is 5.91 Å². The lowest BCUT2D eigenvalue weighted by molar-refractivity contribution is -0.137. The molecule has 0 saturated heterocycles. The maximum atomic E-state index is 12.9. The van der Waals surface area contributed by atoms with Gasteiger partial charge in [0.05, 0.1) is 18.6 Å². The highest BCUT2D eigenvalue weighted by Gasteiger charge is 2.32. The van der Waals surface area contributed by atoms with Crippen LogP contribution in [0.3, 0.4) is 0 Å². The van der Waals surface area contributed by atoms with Crippen LogP contribution in [-0.2, 0) is 29.4 Å². The van der Waals surface area contributed by atoms with E-state index in [1.807, 2.05) is 0 Å². The van der Waals surface area contributed by atoms with Gasteiger partial charge >= 0.3 is 6.18 Å². The highest BCUT2D eigenvalue weighted by Crippen LogP contribution is 2.32. The molecule has 0 atom stereocenters. The normalized spacial score (nSPS) is 12.1. The molecule has 0 aliphatic carbocycles. The largest absolute Gasteiger partial charge is 0.416 e. The molecule has 0 fully saturated rings. The summed E-state index contributed by atoms with van der Waals surface area (Å²) in [4.78, 5) is 12.2. The molecule has 2 rings (SSSR count). The molecule has 0 radical (unpaired) electrons. The number of halogens is 3. The Labute approximate surface area is 150 Å². The molecular formula is C20H22F3NO2. The van der Waals surface area contributed by atoms with Gasteiger partial charge in [0.2, 0.25) is 5.91 Å². The van der Waals surface area contributed by atoms with E-state index in [0.29, 0.717) is 11.1 Å². The highest BCUT2D eigenvalue weighted by molar-refractivity contribution is 5.79. The van der Waals surface area contributed by atoms with Crippen LogP contribution in [0.5, 0.6) is 0 Å². The van der Waals surface area contributed by atoms with E-state index in [9.17, 15) is 23.1 Å². The van der Waals surface area contributed by atoms with Crippen LogP contribution in [0.4, 0.5) is 13.2 Å². The summed E-state index contributed by atoms with van der Waals surface area (Å²) in [7, 11) is 0. The van der Waals surface area contributed by atoms with Crippen molar-refractivity contribution in [3.8, 4) is 0 Å². The average Bonchev–Trinajstić information content (AvgIpc) is 2.60. The molecule has 3 nitrogen and oxygen atoms in total. The Hall–Kier alpha value is -2.34. The number of aliphatic hydroxyl groups is 1. The van der Waals surface area contributed by atoms with Crippen LogP contribution in [0, 0.1) is 0 Å². The van der Waals surface area contributed by atoms with Crippen LogP contribution in [0.2, 0.25) is 0 Å². The standard InChI is InChI=1S/C20H22F3NO2/c1-19(2,16-8-5-9-17(11-16)20(21,22)23)13-24-18(26)10-14-6-3-4-7-15(14)12-25/h3-9,11,25H,10,12-13H2,1-2H3,(H,24,26). The zero-order valence-corrected chi connectivity index (χ0v) is 14.7. The zero-order chi connectivity index (χ0) is 19.4. The third-order valence-corrected chi connectivity index (χ3v) is 4.34. The Morgan fingerprint density at radius 1 is 1.00 bits per heavy atom. The molecule has 1 amide bonds. The van der Waals surface area contributed by atoms with Gasteiger partial charge < -0.3 is 10.4 Å². The lowest BCUT2D eigenvalue weighted by atomic mass is 9.83. The van der Waals surface area contributed by atoms with Gasteiger partial charge in [0.15, 0.2) is 0 Å². The van der Waals surface area contributed by atoms with Gasteiger partial charge in [0.1, 0.15) is 0 Å². The fraction of sp³-hybridized carbons (Fsp3) is 0.350. The molecule has 2 N–H and O–H groups in total. The first kappa shape index (κ1) is 20.0. The number of aliphatic hydroxyl groups excluding tert-OH is 1. The maximum Gasteiger partial charge on any atom is 0.416 e. The lowest BCUT2D eigenvalue weighted by Crippen LogP contribution is -2.37. The van der Waals surface area contributed by atoms with Crippen molar-refractivity contribution in [1.29, 1.82) is 0 Å². The minimum Gasteiger partial charge on any atom is -0.392 e. The molecule has 0 aliphatic heterocycles. The van der Waals surface area contributed by atoms with E-state index in [1.165, 1.54) is 6.07 Å². The van der Waals surface area contributed by atoms with Crippen molar-refractivity contribution < 1.29 is 23.1 Å². The van der Waals surface area contributed by atoms with Crippen molar-refractivity contribution in [3.63, 3.8) is 0 Å². The predicted molar refractivity (Wildman–Crippen MR) is 93.5 cm³/mol. The molecule has 0 bridgehead atoms. The van der Waals surface area contributed by atoms with Crippen LogP contribution >= 0.6 is 0 Å². The van der Waals surface area contributed by atoms with Crippen molar-refractivity contribution in [3.05, 3.63) is 70.8 Å². The first-order chi connectivity index (χ1) is 12.1. The van der Waals surface area contributed by atoms with Gasteiger partial charge in [0, 0.05) is 12.0 Å². The number of alkyl halides is 3. The second-order valence-electron chi connectivity index (χ2n) is 6.84. The molecule has 6 heteroatoms. The van der Waals surface area contributed by atoms with Gasteiger partial charge in [-0.25, -0.2) is 0 Å². The zero-order valence-electron chi connectivity index (χ0n) is 14.7. The fourth-order valence-electron chi connectivity index (χ4n) is 2.66. The fourth-order valence-corrected chi connectivity index (χ4v) is 2.66. The number of hydrogen-bond acceptors (Lipinski definition) is 2. The van der Waals surface area contributed by atoms with E-state index in [2.05, 4.69) is 5.32 Å². The van der Waals surface area contributed by atoms with Gasteiger partial charge in [-0.1, -0.05) is 56.3 Å². The summed E-state index contributed by atoms with van der Waals surface area (Å²) in [5, 5.41) is 12.1. The number of hydrogen-bond donors (Lipinski definition) is 2. The number of nitrogens with one attached hydrogen (secondary N) is 1. The molecule has 0 aromatic heterocycles. The summed E-state index contributed by atoms with van der Waals surface area (Å²) in [6, 6.07) is 12.2. The minimum absolute atomic E-state index is 0.107. The second-order valence-corrected chi connectivity index (χ2v) is 6.84. The summed E-state index contributed by atoms with van der Waals surface area (Å²) in [5.41, 5.74) is 0.548. The van der Waals surface area contributed by atoms with Gasteiger partial charge in [-0.05, 0) is 22.8 Å². The molecule has 0 unspecified atom stereocenters. The Morgan fingerprint density at radius 2 is 1.62 bits per heavy atom. The molecular weight excluding hydrogens is 343 g/mol. The Bertz CT molecular complexity index is 770. The predicted octanol–water partition coefficient (Wildman–Crippen LogP) is 3.83. The number of rotatable bonds is 6. The van der Waals surface area contributed by atoms with Gasteiger partial charge in [-0.3, -0.25) is 4.79 Å². The molecule has 0 saturated carbocycles. The Morgan fingerprint density at radius 3 is 2.23 bits per heavy atom. The molecule has 2 aromatic rings. The number of carbonyl (C=O) groups excluding carboxylic acids is 1. The molecule has 2 aromatic carbocycles. The average molecular weight is 365 g/mol. The molecule has 140 valence electrons. The summed E-state index contributed by atoms with van der Waals surface area (Å²) < 4.78 is 38.7. The van der Waals surface area contributed by atoms with E-state index in [-0.39, 0.29) is 25.5 Å². The Balaban J connectivity index is 2.04. The van der Waals surface area contributed by atoms with E-state index in [0.717, 1.165) is 17.7 Å². The second kappa shape index (κ2) is 7.91. The molecule has 0 aliphatic rings. The van der Waals surface area contributed by atoms with Crippen LogP contribution in [0.15, 0.2) is 48.5 Å². The summed E-state index contributed by atoms with van der Waals surface area (Å²) >= 11 is 0. The van der Waals surface area contributed by atoms with Crippen LogP contribution in [0.1, 0.15) is 36.1 Å². The Kier molecular flexibility index (Phi) is 6.08. The molecule has 26 heavy (non-hydrogen) atoms. The van der Waals surface area contributed by atoms with Crippen molar-refractivity contribution in [2.24, 2.45) is 0 Å². The van der Waals surface area contributed by atoms with Crippen molar-refractivity contribution in [2.75, 3.05) is 6.54 Å². The molecule has 0 spiro atoms.